The normalized spacial score (nSPS) is 18.5. The second kappa shape index (κ2) is 15.1. The summed E-state index contributed by atoms with van der Waals surface area (Å²) >= 11 is 0. The van der Waals surface area contributed by atoms with Crippen molar-refractivity contribution in [3.8, 4) is 0 Å². The van der Waals surface area contributed by atoms with Gasteiger partial charge in [-0.25, -0.2) is 4.39 Å². The van der Waals surface area contributed by atoms with Gasteiger partial charge < -0.3 is 10.2 Å². The first-order valence-corrected chi connectivity index (χ1v) is 15.8. The van der Waals surface area contributed by atoms with Gasteiger partial charge in [-0.1, -0.05) is 25.5 Å². The fourth-order valence-corrected chi connectivity index (χ4v) is 6.32. The number of halogens is 7. The van der Waals surface area contributed by atoms with Crippen LogP contribution in [0.2, 0.25) is 0 Å². The minimum absolute atomic E-state index is 0.129. The smallest absolute Gasteiger partial charge is 0.349 e. The van der Waals surface area contributed by atoms with Crippen molar-refractivity contribution in [3.05, 3.63) is 52.6 Å². The standard InChI is InChI=1S/C28H39FN4O.C4F6O2/c1-2-24-27(26-11-3-4-15-33(26)31-24)20-12-16-32(17-13-20)18-14-25(22-9-6-10-23(29)19-22)30-28(34)21-7-5-8-21;5-3(6,7)1(11)2(12)4(8,9)10/h6,9-10,19-21,25H,2-5,7-8,11-18H2,1H3,(H,30,34);/t25-;/m0./s1. The number of aryl methyl sites for hydroxylation is 2. The number of piperidine rings is 1. The van der Waals surface area contributed by atoms with E-state index in [9.17, 15) is 45.1 Å². The zero-order valence-electron chi connectivity index (χ0n) is 25.7. The number of hydrogen-bond donors (Lipinski definition) is 1. The summed E-state index contributed by atoms with van der Waals surface area (Å²) in [5, 5.41) is 8.19. The van der Waals surface area contributed by atoms with Gasteiger partial charge in [-0.3, -0.25) is 19.1 Å². The molecule has 0 spiro atoms. The summed E-state index contributed by atoms with van der Waals surface area (Å²) < 4.78 is 83.2. The maximum absolute atomic E-state index is 13.9. The predicted octanol–water partition coefficient (Wildman–Crippen LogP) is 6.40. The Balaban J connectivity index is 0.000000342. The van der Waals surface area contributed by atoms with Crippen LogP contribution in [-0.2, 0) is 33.8 Å². The Bertz CT molecular complexity index is 1350. The Kier molecular flexibility index (Phi) is 11.7. The molecule has 3 aliphatic rings. The van der Waals surface area contributed by atoms with Gasteiger partial charge in [0.2, 0.25) is 5.91 Å². The molecule has 2 fully saturated rings. The molecule has 1 atom stereocenters. The van der Waals surface area contributed by atoms with Crippen LogP contribution in [0.25, 0.3) is 0 Å². The molecule has 1 aliphatic carbocycles. The fourth-order valence-electron chi connectivity index (χ4n) is 6.32. The van der Waals surface area contributed by atoms with Gasteiger partial charge in [-0.05, 0) is 100 Å². The van der Waals surface area contributed by atoms with Crippen molar-refractivity contribution in [3.63, 3.8) is 0 Å². The lowest BCUT2D eigenvalue weighted by atomic mass is 9.84. The van der Waals surface area contributed by atoms with E-state index in [4.69, 9.17) is 5.10 Å². The van der Waals surface area contributed by atoms with Crippen molar-refractivity contribution in [2.75, 3.05) is 19.6 Å². The van der Waals surface area contributed by atoms with Gasteiger partial charge in [0, 0.05) is 24.7 Å². The second-order valence-electron chi connectivity index (χ2n) is 12.1. The number of ketones is 2. The number of amides is 1. The summed E-state index contributed by atoms with van der Waals surface area (Å²) in [6, 6.07) is 6.61. The molecule has 14 heteroatoms. The lowest BCUT2D eigenvalue weighted by molar-refractivity contribution is -0.193. The van der Waals surface area contributed by atoms with Gasteiger partial charge in [0.1, 0.15) is 5.82 Å². The second-order valence-corrected chi connectivity index (χ2v) is 12.1. The zero-order valence-corrected chi connectivity index (χ0v) is 25.7. The molecule has 2 aromatic rings. The third-order valence-corrected chi connectivity index (χ3v) is 9.04. The van der Waals surface area contributed by atoms with Crippen LogP contribution in [0.5, 0.6) is 0 Å². The van der Waals surface area contributed by atoms with Crippen molar-refractivity contribution >= 4 is 17.5 Å². The average Bonchev–Trinajstić information content (AvgIpc) is 3.36. The third kappa shape index (κ3) is 8.95. The lowest BCUT2D eigenvalue weighted by Gasteiger charge is -2.34. The number of aromatic nitrogens is 2. The highest BCUT2D eigenvalue weighted by Crippen LogP contribution is 2.36. The molecule has 0 radical (unpaired) electrons. The van der Waals surface area contributed by atoms with Gasteiger partial charge in [0.15, 0.2) is 0 Å². The van der Waals surface area contributed by atoms with E-state index in [2.05, 4.69) is 21.8 Å². The summed E-state index contributed by atoms with van der Waals surface area (Å²) in [4.78, 5) is 34.4. The van der Waals surface area contributed by atoms with Crippen LogP contribution in [0, 0.1) is 11.7 Å². The molecule has 0 bridgehead atoms. The summed E-state index contributed by atoms with van der Waals surface area (Å²) in [6.07, 6.45) is -0.553. The summed E-state index contributed by atoms with van der Waals surface area (Å²) in [6.45, 7) is 6.38. The van der Waals surface area contributed by atoms with Crippen LogP contribution in [0.4, 0.5) is 30.7 Å². The highest BCUT2D eigenvalue weighted by molar-refractivity contribution is 6.41. The molecular formula is C32H39F7N4O3. The van der Waals surface area contributed by atoms with Gasteiger partial charge in [-0.15, -0.1) is 0 Å². The maximum atomic E-state index is 13.9. The maximum Gasteiger partial charge on any atom is 0.458 e. The Morgan fingerprint density at radius 1 is 0.935 bits per heavy atom. The SMILES string of the molecule is CCc1nn2c(c1C1CCN(CC[C@H](NC(=O)C3CCC3)c3cccc(F)c3)CC1)CCCC2.O=C(C(=O)C(F)(F)F)C(F)(F)F. The van der Waals surface area contributed by atoms with Crippen molar-refractivity contribution in [2.24, 2.45) is 5.92 Å². The van der Waals surface area contributed by atoms with Gasteiger partial charge in [-0.2, -0.15) is 31.4 Å². The highest BCUT2D eigenvalue weighted by atomic mass is 19.4. The molecule has 1 N–H and O–H groups in total. The summed E-state index contributed by atoms with van der Waals surface area (Å²) in [5.74, 6) is -6.16. The number of nitrogens with zero attached hydrogens (tertiary/aromatic N) is 3. The molecule has 1 aromatic heterocycles. The molecule has 3 heterocycles. The molecule has 254 valence electrons. The molecule has 46 heavy (non-hydrogen) atoms. The molecule has 5 rings (SSSR count). The molecule has 1 aromatic carbocycles. The minimum Gasteiger partial charge on any atom is -0.349 e. The number of nitrogens with one attached hydrogen (secondary N) is 1. The highest BCUT2D eigenvalue weighted by Gasteiger charge is 2.54. The molecule has 1 saturated heterocycles. The van der Waals surface area contributed by atoms with E-state index < -0.39 is 23.9 Å². The molecule has 7 nitrogen and oxygen atoms in total. The van der Waals surface area contributed by atoms with Crippen LogP contribution in [0.15, 0.2) is 24.3 Å². The van der Waals surface area contributed by atoms with E-state index >= 15 is 0 Å². The summed E-state index contributed by atoms with van der Waals surface area (Å²) in [5.41, 5.74) is 5.26. The third-order valence-electron chi connectivity index (χ3n) is 9.04. The monoisotopic (exact) mass is 660 g/mol. The molecular weight excluding hydrogens is 621 g/mol. The van der Waals surface area contributed by atoms with E-state index in [0.29, 0.717) is 5.92 Å². The predicted molar refractivity (Wildman–Crippen MR) is 154 cm³/mol. The van der Waals surface area contributed by atoms with Crippen molar-refractivity contribution in [1.82, 2.24) is 20.0 Å². The number of rotatable bonds is 9. The van der Waals surface area contributed by atoms with Crippen LogP contribution >= 0.6 is 0 Å². The fraction of sp³-hybridized carbons (Fsp3) is 0.625. The number of hydrogen-bond acceptors (Lipinski definition) is 5. The number of carbonyl (C=O) groups is 3. The topological polar surface area (TPSA) is 84.3 Å². The quantitative estimate of drug-likeness (QED) is 0.249. The first-order chi connectivity index (χ1) is 21.7. The average molecular weight is 661 g/mol. The number of carbonyl (C=O) groups excluding carboxylic acids is 3. The number of Topliss-reactive ketones (excluding diaryl/α,β-unsaturated/α-hetero) is 2. The van der Waals surface area contributed by atoms with E-state index in [1.807, 2.05) is 6.07 Å². The van der Waals surface area contributed by atoms with Crippen molar-refractivity contribution in [2.45, 2.75) is 102 Å². The summed E-state index contributed by atoms with van der Waals surface area (Å²) in [7, 11) is 0. The van der Waals surface area contributed by atoms with Crippen molar-refractivity contribution < 1.29 is 45.1 Å². The van der Waals surface area contributed by atoms with Crippen LogP contribution in [0.3, 0.4) is 0 Å². The van der Waals surface area contributed by atoms with Crippen LogP contribution < -0.4 is 5.32 Å². The number of fused-ring (bicyclic) bond motifs is 1. The number of alkyl halides is 6. The van der Waals surface area contributed by atoms with E-state index in [1.54, 1.807) is 17.7 Å². The molecule has 1 amide bonds. The van der Waals surface area contributed by atoms with Gasteiger partial charge in [0.05, 0.1) is 11.7 Å². The number of benzene rings is 1. The van der Waals surface area contributed by atoms with Crippen LogP contribution in [0.1, 0.15) is 92.8 Å². The van der Waals surface area contributed by atoms with E-state index in [0.717, 1.165) is 63.8 Å². The van der Waals surface area contributed by atoms with E-state index in [-0.39, 0.29) is 23.7 Å². The van der Waals surface area contributed by atoms with Crippen molar-refractivity contribution in [1.29, 1.82) is 0 Å². The Hall–Kier alpha value is -3.29. The largest absolute Gasteiger partial charge is 0.458 e. The lowest BCUT2D eigenvalue weighted by Crippen LogP contribution is -2.39. The van der Waals surface area contributed by atoms with Gasteiger partial charge >= 0.3 is 23.9 Å². The number of likely N-dealkylation sites (tertiary alicyclic amines) is 1. The Morgan fingerprint density at radius 2 is 1.59 bits per heavy atom. The van der Waals surface area contributed by atoms with Crippen LogP contribution in [-0.4, -0.2) is 64.1 Å². The Labute approximate surface area is 262 Å². The first kappa shape index (κ1) is 35.6. The van der Waals surface area contributed by atoms with Gasteiger partial charge in [0.25, 0.3) is 0 Å². The van der Waals surface area contributed by atoms with E-state index in [1.165, 1.54) is 49.6 Å². The minimum atomic E-state index is -5.77. The molecule has 2 aliphatic heterocycles. The molecule has 0 unspecified atom stereocenters. The first-order valence-electron chi connectivity index (χ1n) is 15.8. The zero-order chi connectivity index (χ0) is 33.6. The molecule has 1 saturated carbocycles. The Morgan fingerprint density at radius 3 is 2.13 bits per heavy atom.